The summed E-state index contributed by atoms with van der Waals surface area (Å²) < 4.78 is 10.6. The summed E-state index contributed by atoms with van der Waals surface area (Å²) in [5, 5.41) is 2.54. The van der Waals surface area contributed by atoms with Gasteiger partial charge in [-0.15, -0.1) is 0 Å². The van der Waals surface area contributed by atoms with E-state index >= 15 is 0 Å². The van der Waals surface area contributed by atoms with Gasteiger partial charge in [0.2, 0.25) is 0 Å². The standard InChI is InChI=1S/C23H26N2O4/c1-23(2,3)29-22(27)25-20(15-9-13-18-12-7-8-14-19(18)24)21(26)28-16-17-10-5-4-6-11-17/h4-8,10-12,14,20H,15-16,24H2,1-3H3,(H,25,27). The van der Waals surface area contributed by atoms with Crippen molar-refractivity contribution in [3.63, 3.8) is 0 Å². The number of esters is 1. The monoisotopic (exact) mass is 394 g/mol. The Labute approximate surface area is 171 Å². The normalized spacial score (nSPS) is 11.6. The first-order chi connectivity index (χ1) is 13.7. The van der Waals surface area contributed by atoms with Gasteiger partial charge >= 0.3 is 12.1 Å². The van der Waals surface area contributed by atoms with E-state index in [-0.39, 0.29) is 13.0 Å². The fourth-order valence-corrected chi connectivity index (χ4v) is 2.33. The van der Waals surface area contributed by atoms with E-state index in [0.717, 1.165) is 5.56 Å². The zero-order valence-corrected chi connectivity index (χ0v) is 16.9. The molecular weight excluding hydrogens is 368 g/mol. The number of ether oxygens (including phenoxy) is 2. The second-order valence-electron chi connectivity index (χ2n) is 7.39. The molecule has 0 bridgehead atoms. The summed E-state index contributed by atoms with van der Waals surface area (Å²) in [6, 6.07) is 15.5. The quantitative estimate of drug-likeness (QED) is 0.459. The van der Waals surface area contributed by atoms with E-state index in [1.807, 2.05) is 42.5 Å². The number of rotatable bonds is 5. The van der Waals surface area contributed by atoms with Crippen LogP contribution in [0.4, 0.5) is 10.5 Å². The molecule has 0 saturated heterocycles. The van der Waals surface area contributed by atoms with Crippen molar-refractivity contribution in [3.8, 4) is 11.8 Å². The van der Waals surface area contributed by atoms with Crippen molar-refractivity contribution in [2.75, 3.05) is 5.73 Å². The molecule has 0 saturated carbocycles. The van der Waals surface area contributed by atoms with Gasteiger partial charge in [-0.05, 0) is 38.5 Å². The molecule has 1 amide bonds. The molecule has 2 aromatic rings. The average molecular weight is 394 g/mol. The Bertz CT molecular complexity index is 892. The van der Waals surface area contributed by atoms with Crippen molar-refractivity contribution >= 4 is 17.7 Å². The number of hydrogen-bond donors (Lipinski definition) is 2. The van der Waals surface area contributed by atoms with Crippen LogP contribution in [-0.4, -0.2) is 23.7 Å². The van der Waals surface area contributed by atoms with Crippen LogP contribution < -0.4 is 11.1 Å². The highest BCUT2D eigenvalue weighted by atomic mass is 16.6. The number of alkyl carbamates (subject to hydrolysis) is 1. The highest BCUT2D eigenvalue weighted by Crippen LogP contribution is 2.10. The van der Waals surface area contributed by atoms with Crippen LogP contribution >= 0.6 is 0 Å². The Kier molecular flexibility index (Phi) is 7.67. The van der Waals surface area contributed by atoms with Gasteiger partial charge in [-0.1, -0.05) is 54.3 Å². The van der Waals surface area contributed by atoms with Crippen LogP contribution in [0.2, 0.25) is 0 Å². The van der Waals surface area contributed by atoms with Crippen LogP contribution in [0.25, 0.3) is 0 Å². The Hall–Kier alpha value is -3.46. The molecule has 0 aromatic heterocycles. The van der Waals surface area contributed by atoms with Gasteiger partial charge < -0.3 is 20.5 Å². The van der Waals surface area contributed by atoms with E-state index in [9.17, 15) is 9.59 Å². The summed E-state index contributed by atoms with van der Waals surface area (Å²) in [7, 11) is 0. The van der Waals surface area contributed by atoms with Gasteiger partial charge in [-0.2, -0.15) is 0 Å². The first-order valence-corrected chi connectivity index (χ1v) is 9.28. The summed E-state index contributed by atoms with van der Waals surface area (Å²) in [6.07, 6.45) is -0.651. The van der Waals surface area contributed by atoms with Crippen molar-refractivity contribution in [1.82, 2.24) is 5.32 Å². The van der Waals surface area contributed by atoms with E-state index in [2.05, 4.69) is 17.2 Å². The molecule has 6 heteroatoms. The number of para-hydroxylation sites is 1. The topological polar surface area (TPSA) is 90.6 Å². The van der Waals surface area contributed by atoms with Crippen molar-refractivity contribution < 1.29 is 19.1 Å². The smallest absolute Gasteiger partial charge is 0.408 e. The number of carbonyl (C=O) groups excluding carboxylic acids is 2. The Morgan fingerprint density at radius 1 is 1.07 bits per heavy atom. The lowest BCUT2D eigenvalue weighted by Crippen LogP contribution is -2.44. The SMILES string of the molecule is CC(C)(C)OC(=O)NC(CC#Cc1ccccc1N)C(=O)OCc1ccccc1. The first-order valence-electron chi connectivity index (χ1n) is 9.28. The van der Waals surface area contributed by atoms with Crippen LogP contribution in [0.15, 0.2) is 54.6 Å². The van der Waals surface area contributed by atoms with Crippen LogP contribution in [0, 0.1) is 11.8 Å². The van der Waals surface area contributed by atoms with Crippen LogP contribution in [0.5, 0.6) is 0 Å². The molecule has 0 aliphatic rings. The lowest BCUT2D eigenvalue weighted by molar-refractivity contribution is -0.147. The fraction of sp³-hybridized carbons (Fsp3) is 0.304. The summed E-state index contributed by atoms with van der Waals surface area (Å²) in [5.41, 5.74) is 7.23. The zero-order valence-electron chi connectivity index (χ0n) is 16.9. The molecule has 29 heavy (non-hydrogen) atoms. The van der Waals surface area contributed by atoms with Gasteiger partial charge in [0.1, 0.15) is 18.2 Å². The number of amides is 1. The minimum atomic E-state index is -0.967. The third-order valence-electron chi connectivity index (χ3n) is 3.69. The Morgan fingerprint density at radius 3 is 2.38 bits per heavy atom. The van der Waals surface area contributed by atoms with E-state index in [4.69, 9.17) is 15.2 Å². The molecule has 0 heterocycles. The number of benzene rings is 2. The van der Waals surface area contributed by atoms with E-state index < -0.39 is 23.7 Å². The minimum absolute atomic E-state index is 0.0567. The van der Waals surface area contributed by atoms with Gasteiger partial charge in [0.05, 0.1) is 0 Å². The van der Waals surface area contributed by atoms with E-state index in [0.29, 0.717) is 11.3 Å². The second-order valence-corrected chi connectivity index (χ2v) is 7.39. The van der Waals surface area contributed by atoms with Gasteiger partial charge in [-0.3, -0.25) is 0 Å². The third kappa shape index (κ3) is 7.97. The van der Waals surface area contributed by atoms with Crippen molar-refractivity contribution in [2.45, 2.75) is 45.4 Å². The molecule has 0 radical (unpaired) electrons. The number of nitrogens with two attached hydrogens (primary N) is 1. The molecule has 2 aromatic carbocycles. The van der Waals surface area contributed by atoms with E-state index in [1.54, 1.807) is 32.9 Å². The maximum atomic E-state index is 12.5. The number of anilines is 1. The highest BCUT2D eigenvalue weighted by molar-refractivity contribution is 5.81. The van der Waals surface area contributed by atoms with Crippen molar-refractivity contribution in [1.29, 1.82) is 0 Å². The maximum Gasteiger partial charge on any atom is 0.408 e. The molecule has 0 spiro atoms. The molecular formula is C23H26N2O4. The largest absolute Gasteiger partial charge is 0.459 e. The lowest BCUT2D eigenvalue weighted by atomic mass is 10.1. The second kappa shape index (κ2) is 10.2. The predicted molar refractivity (Wildman–Crippen MR) is 112 cm³/mol. The molecule has 0 aliphatic heterocycles. The lowest BCUT2D eigenvalue weighted by Gasteiger charge is -2.22. The third-order valence-corrected chi connectivity index (χ3v) is 3.69. The summed E-state index contributed by atoms with van der Waals surface area (Å²) in [4.78, 5) is 24.7. The average Bonchev–Trinajstić information content (AvgIpc) is 2.66. The van der Waals surface area contributed by atoms with Gasteiger partial charge in [0, 0.05) is 17.7 Å². The van der Waals surface area contributed by atoms with Crippen molar-refractivity contribution in [2.24, 2.45) is 0 Å². The van der Waals surface area contributed by atoms with Crippen LogP contribution in [-0.2, 0) is 20.9 Å². The molecule has 2 rings (SSSR count). The maximum absolute atomic E-state index is 12.5. The first kappa shape index (κ1) is 21.8. The van der Waals surface area contributed by atoms with Gasteiger partial charge in [-0.25, -0.2) is 9.59 Å². The Balaban J connectivity index is 2.07. The predicted octanol–water partition coefficient (Wildman–Crippen LogP) is 3.65. The summed E-state index contributed by atoms with van der Waals surface area (Å²) in [5.74, 6) is 5.22. The summed E-state index contributed by atoms with van der Waals surface area (Å²) >= 11 is 0. The number of carbonyl (C=O) groups is 2. The zero-order chi connectivity index (χ0) is 21.3. The number of nitrogen functional groups attached to an aromatic ring is 1. The van der Waals surface area contributed by atoms with E-state index in [1.165, 1.54) is 0 Å². The van der Waals surface area contributed by atoms with Crippen LogP contribution in [0.3, 0.4) is 0 Å². The van der Waals surface area contributed by atoms with Gasteiger partial charge in [0.15, 0.2) is 0 Å². The molecule has 1 atom stereocenters. The summed E-state index contributed by atoms with van der Waals surface area (Å²) in [6.45, 7) is 5.33. The molecule has 0 fully saturated rings. The molecule has 3 N–H and O–H groups in total. The Morgan fingerprint density at radius 2 is 1.72 bits per heavy atom. The molecule has 6 nitrogen and oxygen atoms in total. The molecule has 152 valence electrons. The number of nitrogens with one attached hydrogen (secondary N) is 1. The highest BCUT2D eigenvalue weighted by Gasteiger charge is 2.25. The molecule has 0 aliphatic carbocycles. The molecule has 1 unspecified atom stereocenters. The minimum Gasteiger partial charge on any atom is -0.459 e. The number of hydrogen-bond acceptors (Lipinski definition) is 5. The van der Waals surface area contributed by atoms with Crippen LogP contribution in [0.1, 0.15) is 38.3 Å². The van der Waals surface area contributed by atoms with Crippen molar-refractivity contribution in [3.05, 3.63) is 65.7 Å². The fourth-order valence-electron chi connectivity index (χ4n) is 2.33. The van der Waals surface area contributed by atoms with Gasteiger partial charge in [0.25, 0.3) is 0 Å².